The molecular weight excluding hydrogens is 231 g/mol. The molecule has 0 aliphatic carbocycles. The van der Waals surface area contributed by atoms with Crippen molar-refractivity contribution in [3.63, 3.8) is 0 Å². The van der Waals surface area contributed by atoms with E-state index in [1.54, 1.807) is 38.2 Å². The van der Waals surface area contributed by atoms with Crippen molar-refractivity contribution in [3.8, 4) is 0 Å². The van der Waals surface area contributed by atoms with Crippen molar-refractivity contribution in [2.75, 3.05) is 18.5 Å². The van der Waals surface area contributed by atoms with Gasteiger partial charge in [0.05, 0.1) is 12.5 Å². The Morgan fingerprint density at radius 3 is 2.41 bits per heavy atom. The molecule has 0 aromatic heterocycles. The van der Waals surface area contributed by atoms with Crippen LogP contribution in [0.25, 0.3) is 0 Å². The van der Waals surface area contributed by atoms with Crippen molar-refractivity contribution in [2.24, 2.45) is 0 Å². The van der Waals surface area contributed by atoms with Crippen LogP contribution < -0.4 is 4.90 Å². The average Bonchev–Trinajstić information content (AvgIpc) is 2.25. The molecule has 17 heavy (non-hydrogen) atoms. The van der Waals surface area contributed by atoms with E-state index in [-0.39, 0.29) is 6.54 Å². The SMILES string of the molecule is C[C@@H](O)c1ccccc1N(C)CCC(F)(F)F. The van der Waals surface area contributed by atoms with Gasteiger partial charge < -0.3 is 10.0 Å². The van der Waals surface area contributed by atoms with E-state index in [1.807, 2.05) is 0 Å². The first-order chi connectivity index (χ1) is 7.81. The molecule has 0 saturated carbocycles. The molecule has 1 N–H and O–H groups in total. The van der Waals surface area contributed by atoms with E-state index in [2.05, 4.69) is 0 Å². The van der Waals surface area contributed by atoms with Gasteiger partial charge in [-0.2, -0.15) is 13.2 Å². The van der Waals surface area contributed by atoms with Gasteiger partial charge in [-0.1, -0.05) is 18.2 Å². The van der Waals surface area contributed by atoms with Gasteiger partial charge in [0.15, 0.2) is 0 Å². The van der Waals surface area contributed by atoms with Crippen LogP contribution >= 0.6 is 0 Å². The number of halogens is 3. The Kier molecular flexibility index (Phi) is 4.40. The molecule has 0 unspecified atom stereocenters. The molecule has 0 spiro atoms. The minimum Gasteiger partial charge on any atom is -0.389 e. The molecule has 0 heterocycles. The van der Waals surface area contributed by atoms with Crippen LogP contribution in [0.5, 0.6) is 0 Å². The summed E-state index contributed by atoms with van der Waals surface area (Å²) in [6.45, 7) is 1.48. The van der Waals surface area contributed by atoms with E-state index in [0.717, 1.165) is 0 Å². The predicted octanol–water partition coefficient (Wildman–Crippen LogP) is 3.13. The highest BCUT2D eigenvalue weighted by Gasteiger charge is 2.27. The first-order valence-electron chi connectivity index (χ1n) is 5.36. The van der Waals surface area contributed by atoms with E-state index in [9.17, 15) is 18.3 Å². The third-order valence-corrected chi connectivity index (χ3v) is 2.53. The normalized spacial score (nSPS) is 13.5. The lowest BCUT2D eigenvalue weighted by atomic mass is 10.1. The Labute approximate surface area is 98.7 Å². The summed E-state index contributed by atoms with van der Waals surface area (Å²) in [6, 6.07) is 6.91. The monoisotopic (exact) mass is 247 g/mol. The maximum atomic E-state index is 12.1. The van der Waals surface area contributed by atoms with Crippen molar-refractivity contribution in [3.05, 3.63) is 29.8 Å². The number of aliphatic hydroxyl groups is 1. The van der Waals surface area contributed by atoms with Gasteiger partial charge in [0.1, 0.15) is 0 Å². The van der Waals surface area contributed by atoms with Crippen LogP contribution in [0.3, 0.4) is 0 Å². The molecule has 0 radical (unpaired) electrons. The molecule has 1 aromatic rings. The summed E-state index contributed by atoms with van der Waals surface area (Å²) in [5.41, 5.74) is 1.27. The summed E-state index contributed by atoms with van der Waals surface area (Å²) in [6.07, 6.45) is -5.72. The fourth-order valence-corrected chi connectivity index (χ4v) is 1.60. The standard InChI is InChI=1S/C12H16F3NO/c1-9(17)10-5-3-4-6-11(10)16(2)8-7-12(13,14)15/h3-6,9,17H,7-8H2,1-2H3/t9-/m1/s1. The molecular formula is C12H16F3NO. The summed E-state index contributed by atoms with van der Waals surface area (Å²) < 4.78 is 36.3. The van der Waals surface area contributed by atoms with Crippen LogP contribution in [-0.2, 0) is 0 Å². The number of hydrogen-bond acceptors (Lipinski definition) is 2. The van der Waals surface area contributed by atoms with Crippen LogP contribution in [-0.4, -0.2) is 24.9 Å². The number of benzene rings is 1. The third-order valence-electron chi connectivity index (χ3n) is 2.53. The van der Waals surface area contributed by atoms with Gasteiger partial charge in [0.2, 0.25) is 0 Å². The minimum absolute atomic E-state index is 0.118. The van der Waals surface area contributed by atoms with Crippen LogP contribution in [0.2, 0.25) is 0 Å². The van der Waals surface area contributed by atoms with Gasteiger partial charge in [0.25, 0.3) is 0 Å². The molecule has 2 nitrogen and oxygen atoms in total. The smallest absolute Gasteiger partial charge is 0.389 e. The number of alkyl halides is 3. The van der Waals surface area contributed by atoms with Gasteiger partial charge in [0, 0.05) is 24.8 Å². The largest absolute Gasteiger partial charge is 0.390 e. The summed E-state index contributed by atoms with van der Waals surface area (Å²) in [4.78, 5) is 1.51. The Morgan fingerprint density at radius 1 is 1.29 bits per heavy atom. The van der Waals surface area contributed by atoms with E-state index < -0.39 is 18.7 Å². The maximum absolute atomic E-state index is 12.1. The molecule has 0 fully saturated rings. The van der Waals surface area contributed by atoms with Crippen LogP contribution in [0.1, 0.15) is 25.0 Å². The zero-order valence-electron chi connectivity index (χ0n) is 9.83. The van der Waals surface area contributed by atoms with Crippen LogP contribution in [0.15, 0.2) is 24.3 Å². The van der Waals surface area contributed by atoms with Crippen molar-refractivity contribution in [2.45, 2.75) is 25.6 Å². The Bertz CT molecular complexity index is 363. The summed E-state index contributed by atoms with van der Waals surface area (Å²) in [5, 5.41) is 9.53. The zero-order chi connectivity index (χ0) is 13.1. The molecule has 1 aromatic carbocycles. The highest BCUT2D eigenvalue weighted by molar-refractivity contribution is 5.53. The fraction of sp³-hybridized carbons (Fsp3) is 0.500. The highest BCUT2D eigenvalue weighted by atomic mass is 19.4. The van der Waals surface area contributed by atoms with Crippen LogP contribution in [0, 0.1) is 0 Å². The second kappa shape index (κ2) is 5.40. The highest BCUT2D eigenvalue weighted by Crippen LogP contribution is 2.27. The number of anilines is 1. The van der Waals surface area contributed by atoms with Gasteiger partial charge in [-0.15, -0.1) is 0 Å². The van der Waals surface area contributed by atoms with E-state index >= 15 is 0 Å². The van der Waals surface area contributed by atoms with E-state index in [4.69, 9.17) is 0 Å². The van der Waals surface area contributed by atoms with Crippen LogP contribution in [0.4, 0.5) is 18.9 Å². The van der Waals surface area contributed by atoms with E-state index in [1.165, 1.54) is 4.90 Å². The average molecular weight is 247 g/mol. The number of para-hydroxylation sites is 1. The first kappa shape index (κ1) is 13.8. The molecule has 96 valence electrons. The predicted molar refractivity (Wildman–Crippen MR) is 61.0 cm³/mol. The lowest BCUT2D eigenvalue weighted by molar-refractivity contribution is -0.132. The third kappa shape index (κ3) is 4.26. The van der Waals surface area contributed by atoms with Crippen molar-refractivity contribution < 1.29 is 18.3 Å². The number of aliphatic hydroxyl groups excluding tert-OH is 1. The van der Waals surface area contributed by atoms with Crippen molar-refractivity contribution in [1.29, 1.82) is 0 Å². The Morgan fingerprint density at radius 2 is 1.88 bits per heavy atom. The topological polar surface area (TPSA) is 23.5 Å². The first-order valence-corrected chi connectivity index (χ1v) is 5.36. The molecule has 1 rings (SSSR count). The molecule has 0 saturated heterocycles. The quantitative estimate of drug-likeness (QED) is 0.883. The molecule has 5 heteroatoms. The number of hydrogen-bond donors (Lipinski definition) is 1. The Balaban J connectivity index is 2.78. The minimum atomic E-state index is -4.16. The molecule has 0 aliphatic heterocycles. The summed E-state index contributed by atoms with van der Waals surface area (Å²) in [7, 11) is 1.59. The van der Waals surface area contributed by atoms with Crippen molar-refractivity contribution in [1.82, 2.24) is 0 Å². The second-order valence-electron chi connectivity index (χ2n) is 4.02. The van der Waals surface area contributed by atoms with E-state index in [0.29, 0.717) is 11.3 Å². The summed E-state index contributed by atoms with van der Waals surface area (Å²) in [5.74, 6) is 0. The molecule has 1 atom stereocenters. The maximum Gasteiger partial charge on any atom is 0.390 e. The van der Waals surface area contributed by atoms with Gasteiger partial charge in [-0.25, -0.2) is 0 Å². The van der Waals surface area contributed by atoms with Crippen molar-refractivity contribution >= 4 is 5.69 Å². The zero-order valence-corrected chi connectivity index (χ0v) is 9.83. The summed E-state index contributed by atoms with van der Waals surface area (Å²) >= 11 is 0. The molecule has 0 amide bonds. The molecule has 0 bridgehead atoms. The van der Waals surface area contributed by atoms with Gasteiger partial charge in [-0.05, 0) is 13.0 Å². The molecule has 0 aliphatic rings. The second-order valence-corrected chi connectivity index (χ2v) is 4.02. The van der Waals surface area contributed by atoms with Gasteiger partial charge in [-0.3, -0.25) is 0 Å². The number of nitrogens with zero attached hydrogens (tertiary/aromatic N) is 1. The van der Waals surface area contributed by atoms with Gasteiger partial charge >= 0.3 is 6.18 Å². The lowest BCUT2D eigenvalue weighted by Crippen LogP contribution is -2.25. The number of rotatable bonds is 4. The fourth-order valence-electron chi connectivity index (χ4n) is 1.60. The Hall–Kier alpha value is -1.23. The lowest BCUT2D eigenvalue weighted by Gasteiger charge is -2.24.